The normalized spacial score (nSPS) is 20.2. The molecule has 1 aromatic rings. The fourth-order valence-electron chi connectivity index (χ4n) is 2.65. The highest BCUT2D eigenvalue weighted by Gasteiger charge is 2.29. The molecule has 1 aromatic carbocycles. The standard InChI is InChI=1S/C15H23NS/c1-3-5-9-14(16-4-2)13-11-17-15-10-7-6-8-12(13)15/h6-8,10,13-14,16H,3-5,9,11H2,1-2H3. The number of nitrogens with one attached hydrogen (secondary N) is 1. The smallest absolute Gasteiger partial charge is 0.0144 e. The Hall–Kier alpha value is -0.470. The van der Waals surface area contributed by atoms with E-state index < -0.39 is 0 Å². The molecular formula is C15H23NS. The van der Waals surface area contributed by atoms with Gasteiger partial charge < -0.3 is 5.32 Å². The highest BCUT2D eigenvalue weighted by molar-refractivity contribution is 7.99. The molecule has 1 heterocycles. The van der Waals surface area contributed by atoms with Crippen molar-refractivity contribution in [2.24, 2.45) is 0 Å². The summed E-state index contributed by atoms with van der Waals surface area (Å²) in [5, 5.41) is 3.69. The predicted molar refractivity (Wildman–Crippen MR) is 76.9 cm³/mol. The Kier molecular flexibility index (Phi) is 4.93. The average Bonchev–Trinajstić information content (AvgIpc) is 2.78. The van der Waals surface area contributed by atoms with Crippen molar-refractivity contribution in [1.82, 2.24) is 5.32 Å². The maximum absolute atomic E-state index is 3.69. The first-order chi connectivity index (χ1) is 8.36. The van der Waals surface area contributed by atoms with Crippen molar-refractivity contribution in [2.45, 2.75) is 50.0 Å². The molecule has 94 valence electrons. The Bertz CT molecular complexity index is 351. The van der Waals surface area contributed by atoms with Crippen molar-refractivity contribution in [2.75, 3.05) is 12.3 Å². The van der Waals surface area contributed by atoms with E-state index >= 15 is 0 Å². The maximum Gasteiger partial charge on any atom is 0.0144 e. The fourth-order valence-corrected chi connectivity index (χ4v) is 3.98. The number of hydrogen-bond acceptors (Lipinski definition) is 2. The quantitative estimate of drug-likeness (QED) is 0.816. The number of likely N-dealkylation sites (N-methyl/N-ethyl adjacent to an activating group) is 1. The Morgan fingerprint density at radius 3 is 2.94 bits per heavy atom. The minimum absolute atomic E-state index is 0.663. The van der Waals surface area contributed by atoms with Crippen LogP contribution in [0.4, 0.5) is 0 Å². The molecule has 1 nitrogen and oxygen atoms in total. The molecule has 2 atom stereocenters. The topological polar surface area (TPSA) is 12.0 Å². The van der Waals surface area contributed by atoms with Gasteiger partial charge in [0, 0.05) is 22.6 Å². The van der Waals surface area contributed by atoms with Gasteiger partial charge in [-0.15, -0.1) is 11.8 Å². The zero-order chi connectivity index (χ0) is 12.1. The molecule has 1 aliphatic heterocycles. The third kappa shape index (κ3) is 3.05. The number of unbranched alkanes of at least 4 members (excludes halogenated alkanes) is 1. The molecular weight excluding hydrogens is 226 g/mol. The van der Waals surface area contributed by atoms with Gasteiger partial charge >= 0.3 is 0 Å². The van der Waals surface area contributed by atoms with Crippen LogP contribution in [-0.4, -0.2) is 18.3 Å². The molecule has 0 radical (unpaired) electrons. The second-order valence-electron chi connectivity index (χ2n) is 4.76. The van der Waals surface area contributed by atoms with Crippen LogP contribution in [0.5, 0.6) is 0 Å². The van der Waals surface area contributed by atoms with Crippen LogP contribution in [0.25, 0.3) is 0 Å². The first-order valence-electron chi connectivity index (χ1n) is 6.82. The van der Waals surface area contributed by atoms with E-state index in [9.17, 15) is 0 Å². The van der Waals surface area contributed by atoms with Crippen molar-refractivity contribution in [3.63, 3.8) is 0 Å². The Morgan fingerprint density at radius 1 is 1.35 bits per heavy atom. The lowest BCUT2D eigenvalue weighted by atomic mass is 9.90. The number of hydrogen-bond donors (Lipinski definition) is 1. The number of fused-ring (bicyclic) bond motifs is 1. The molecule has 2 rings (SSSR count). The van der Waals surface area contributed by atoms with E-state index in [2.05, 4.69) is 43.4 Å². The maximum atomic E-state index is 3.69. The van der Waals surface area contributed by atoms with E-state index in [-0.39, 0.29) is 0 Å². The highest BCUT2D eigenvalue weighted by Crippen LogP contribution is 2.41. The number of thioether (sulfide) groups is 1. The van der Waals surface area contributed by atoms with Gasteiger partial charge in [0.15, 0.2) is 0 Å². The van der Waals surface area contributed by atoms with E-state index in [1.807, 2.05) is 11.8 Å². The highest BCUT2D eigenvalue weighted by atomic mass is 32.2. The molecule has 0 aromatic heterocycles. The predicted octanol–water partition coefficient (Wildman–Crippen LogP) is 4.04. The van der Waals surface area contributed by atoms with Crippen LogP contribution in [0.2, 0.25) is 0 Å². The lowest BCUT2D eigenvalue weighted by Gasteiger charge is -2.24. The van der Waals surface area contributed by atoms with Gasteiger partial charge in [0.1, 0.15) is 0 Å². The van der Waals surface area contributed by atoms with Gasteiger partial charge in [-0.05, 0) is 24.6 Å². The van der Waals surface area contributed by atoms with Gasteiger partial charge in [0.25, 0.3) is 0 Å². The summed E-state index contributed by atoms with van der Waals surface area (Å²) in [5.41, 5.74) is 1.57. The monoisotopic (exact) mass is 249 g/mol. The zero-order valence-electron chi connectivity index (χ0n) is 10.9. The van der Waals surface area contributed by atoms with Crippen LogP contribution in [0, 0.1) is 0 Å². The third-order valence-electron chi connectivity index (χ3n) is 3.56. The first kappa shape index (κ1) is 13.0. The van der Waals surface area contributed by atoms with Gasteiger partial charge in [0.05, 0.1) is 0 Å². The minimum Gasteiger partial charge on any atom is -0.314 e. The summed E-state index contributed by atoms with van der Waals surface area (Å²) in [6.07, 6.45) is 3.94. The molecule has 1 N–H and O–H groups in total. The summed E-state index contributed by atoms with van der Waals surface area (Å²) in [6.45, 7) is 5.57. The summed E-state index contributed by atoms with van der Waals surface area (Å²) in [6, 6.07) is 9.58. The molecule has 0 bridgehead atoms. The van der Waals surface area contributed by atoms with Crippen molar-refractivity contribution >= 4 is 11.8 Å². The Labute approximate surface area is 109 Å². The molecule has 0 spiro atoms. The number of rotatable bonds is 6. The van der Waals surface area contributed by atoms with Crippen molar-refractivity contribution < 1.29 is 0 Å². The minimum atomic E-state index is 0.663. The molecule has 0 saturated carbocycles. The van der Waals surface area contributed by atoms with Gasteiger partial charge in [-0.25, -0.2) is 0 Å². The van der Waals surface area contributed by atoms with E-state index in [1.54, 1.807) is 5.56 Å². The van der Waals surface area contributed by atoms with Crippen molar-refractivity contribution in [3.8, 4) is 0 Å². The molecule has 2 heteroatoms. The lowest BCUT2D eigenvalue weighted by molar-refractivity contribution is 0.425. The van der Waals surface area contributed by atoms with E-state index in [0.717, 1.165) is 6.54 Å². The van der Waals surface area contributed by atoms with Crippen molar-refractivity contribution in [1.29, 1.82) is 0 Å². The van der Waals surface area contributed by atoms with Crippen LogP contribution < -0.4 is 5.32 Å². The summed E-state index contributed by atoms with van der Waals surface area (Å²) in [5.74, 6) is 1.96. The van der Waals surface area contributed by atoms with Crippen LogP contribution in [0.3, 0.4) is 0 Å². The van der Waals surface area contributed by atoms with E-state index in [1.165, 1.54) is 29.9 Å². The first-order valence-corrected chi connectivity index (χ1v) is 7.80. The molecule has 0 saturated heterocycles. The second kappa shape index (κ2) is 6.46. The van der Waals surface area contributed by atoms with E-state index in [4.69, 9.17) is 0 Å². The van der Waals surface area contributed by atoms with Crippen LogP contribution in [0.1, 0.15) is 44.6 Å². The van der Waals surface area contributed by atoms with Crippen LogP contribution >= 0.6 is 11.8 Å². The second-order valence-corrected chi connectivity index (χ2v) is 5.82. The average molecular weight is 249 g/mol. The Balaban J connectivity index is 2.09. The van der Waals surface area contributed by atoms with Gasteiger partial charge in [-0.1, -0.05) is 44.9 Å². The fraction of sp³-hybridized carbons (Fsp3) is 0.600. The SMILES string of the molecule is CCCCC(NCC)C1CSc2ccccc21. The zero-order valence-corrected chi connectivity index (χ0v) is 11.7. The summed E-state index contributed by atoms with van der Waals surface area (Å²) >= 11 is 2.02. The number of benzene rings is 1. The van der Waals surface area contributed by atoms with Gasteiger partial charge in [0.2, 0.25) is 0 Å². The molecule has 0 aliphatic carbocycles. The molecule has 1 aliphatic rings. The molecule has 0 amide bonds. The van der Waals surface area contributed by atoms with Gasteiger partial charge in [-0.2, -0.15) is 0 Å². The van der Waals surface area contributed by atoms with Crippen LogP contribution in [-0.2, 0) is 0 Å². The van der Waals surface area contributed by atoms with Crippen LogP contribution in [0.15, 0.2) is 29.2 Å². The summed E-state index contributed by atoms with van der Waals surface area (Å²) in [7, 11) is 0. The summed E-state index contributed by atoms with van der Waals surface area (Å²) < 4.78 is 0. The lowest BCUT2D eigenvalue weighted by Crippen LogP contribution is -2.35. The van der Waals surface area contributed by atoms with E-state index in [0.29, 0.717) is 12.0 Å². The van der Waals surface area contributed by atoms with Gasteiger partial charge in [-0.3, -0.25) is 0 Å². The molecule has 17 heavy (non-hydrogen) atoms. The third-order valence-corrected chi connectivity index (χ3v) is 4.77. The van der Waals surface area contributed by atoms with Crippen molar-refractivity contribution in [3.05, 3.63) is 29.8 Å². The molecule has 2 unspecified atom stereocenters. The molecule has 0 fully saturated rings. The Morgan fingerprint density at radius 2 is 2.18 bits per heavy atom. The summed E-state index contributed by atoms with van der Waals surface area (Å²) in [4.78, 5) is 1.50. The largest absolute Gasteiger partial charge is 0.314 e.